The van der Waals surface area contributed by atoms with Crippen LogP contribution in [-0.2, 0) is 32.7 Å². The minimum atomic E-state index is -4.39. The minimum absolute atomic E-state index is 0.0509. The largest absolute Gasteiger partial charge is 0.472 e. The summed E-state index contributed by atoms with van der Waals surface area (Å²) in [6.07, 6.45) is 68.0. The van der Waals surface area contributed by atoms with Gasteiger partial charge in [-0.15, -0.1) is 0 Å². The fourth-order valence-corrected chi connectivity index (χ4v) is 8.48. The number of unbranched alkanes of at least 4 members (excludes halogenated alkanes) is 27. The normalized spacial score (nSPS) is 13.6. The van der Waals surface area contributed by atoms with Crippen LogP contribution < -0.4 is 5.73 Å². The van der Waals surface area contributed by atoms with Crippen molar-refractivity contribution >= 4 is 19.8 Å². The predicted molar refractivity (Wildman–Crippen MR) is 289 cm³/mol. The van der Waals surface area contributed by atoms with Gasteiger partial charge in [0, 0.05) is 19.4 Å². The number of carbonyl (C=O) groups is 2. The molecule has 0 spiro atoms. The van der Waals surface area contributed by atoms with Crippen molar-refractivity contribution in [3.8, 4) is 0 Å². The summed E-state index contributed by atoms with van der Waals surface area (Å²) in [6.45, 7) is 3.64. The zero-order chi connectivity index (χ0) is 49.5. The maximum atomic E-state index is 12.7. The van der Waals surface area contributed by atoms with Crippen LogP contribution in [0.4, 0.5) is 0 Å². The van der Waals surface area contributed by atoms with Crippen LogP contribution in [0.25, 0.3) is 0 Å². The van der Waals surface area contributed by atoms with Crippen LogP contribution >= 0.6 is 7.82 Å². The number of ether oxygens (including phenoxy) is 2. The average Bonchev–Trinajstić information content (AvgIpc) is 3.33. The molecule has 0 rings (SSSR count). The smallest absolute Gasteiger partial charge is 0.462 e. The number of phosphoric acid groups is 1. The molecular formula is C58H104NO8P. The summed E-state index contributed by atoms with van der Waals surface area (Å²) < 4.78 is 33.0. The second-order valence-corrected chi connectivity index (χ2v) is 19.9. The van der Waals surface area contributed by atoms with Gasteiger partial charge in [-0.25, -0.2) is 4.57 Å². The van der Waals surface area contributed by atoms with Gasteiger partial charge in [-0.3, -0.25) is 18.6 Å². The molecule has 3 N–H and O–H groups in total. The third-order valence-corrected chi connectivity index (χ3v) is 12.8. The van der Waals surface area contributed by atoms with E-state index in [-0.39, 0.29) is 38.6 Å². The van der Waals surface area contributed by atoms with Crippen LogP contribution in [0.1, 0.15) is 251 Å². The van der Waals surface area contributed by atoms with Gasteiger partial charge in [0.05, 0.1) is 13.2 Å². The topological polar surface area (TPSA) is 134 Å². The number of hydrogen-bond acceptors (Lipinski definition) is 8. The molecule has 0 aliphatic heterocycles. The highest BCUT2D eigenvalue weighted by Crippen LogP contribution is 2.43. The van der Waals surface area contributed by atoms with Gasteiger partial charge < -0.3 is 20.1 Å². The highest BCUT2D eigenvalue weighted by molar-refractivity contribution is 7.47. The Kier molecular flexibility index (Phi) is 51.8. The molecule has 10 heteroatoms. The highest BCUT2D eigenvalue weighted by Gasteiger charge is 2.26. The van der Waals surface area contributed by atoms with Gasteiger partial charge in [-0.2, -0.15) is 0 Å². The zero-order valence-electron chi connectivity index (χ0n) is 43.8. The van der Waals surface area contributed by atoms with Crippen molar-refractivity contribution in [3.05, 3.63) is 72.9 Å². The Labute approximate surface area is 418 Å². The third kappa shape index (κ3) is 52.8. The molecule has 2 unspecified atom stereocenters. The molecule has 0 aromatic heterocycles. The number of phosphoric ester groups is 1. The summed E-state index contributed by atoms with van der Waals surface area (Å²) in [5.41, 5.74) is 5.38. The Morgan fingerprint density at radius 1 is 0.456 bits per heavy atom. The van der Waals surface area contributed by atoms with Crippen LogP contribution in [0.3, 0.4) is 0 Å². The number of rotatable bonds is 52. The monoisotopic (exact) mass is 974 g/mol. The van der Waals surface area contributed by atoms with Crippen molar-refractivity contribution in [2.45, 2.75) is 258 Å². The molecule has 9 nitrogen and oxygen atoms in total. The van der Waals surface area contributed by atoms with E-state index in [9.17, 15) is 19.0 Å². The van der Waals surface area contributed by atoms with Crippen molar-refractivity contribution in [2.75, 3.05) is 26.4 Å². The van der Waals surface area contributed by atoms with Gasteiger partial charge in [0.25, 0.3) is 0 Å². The van der Waals surface area contributed by atoms with E-state index < -0.39 is 26.5 Å². The molecule has 2 atom stereocenters. The van der Waals surface area contributed by atoms with Crippen LogP contribution in [-0.4, -0.2) is 49.3 Å². The zero-order valence-corrected chi connectivity index (χ0v) is 44.7. The first-order valence-corrected chi connectivity index (χ1v) is 29.4. The van der Waals surface area contributed by atoms with E-state index in [0.29, 0.717) is 6.42 Å². The fraction of sp³-hybridized carbons (Fsp3) is 0.759. The predicted octanol–water partition coefficient (Wildman–Crippen LogP) is 17.3. The van der Waals surface area contributed by atoms with Crippen LogP contribution in [0.5, 0.6) is 0 Å². The van der Waals surface area contributed by atoms with E-state index in [1.165, 1.54) is 135 Å². The Morgan fingerprint density at radius 3 is 1.22 bits per heavy atom. The summed E-state index contributed by atoms with van der Waals surface area (Å²) in [5.74, 6) is -0.830. The van der Waals surface area contributed by atoms with Crippen molar-refractivity contribution in [3.63, 3.8) is 0 Å². The molecule has 0 bridgehead atoms. The lowest BCUT2D eigenvalue weighted by Gasteiger charge is -2.19. The number of allylic oxidation sites excluding steroid dienone is 12. The molecule has 0 aromatic carbocycles. The Morgan fingerprint density at radius 2 is 0.809 bits per heavy atom. The summed E-state index contributed by atoms with van der Waals surface area (Å²) in [7, 11) is -4.39. The van der Waals surface area contributed by atoms with Crippen molar-refractivity contribution in [1.29, 1.82) is 0 Å². The third-order valence-electron chi connectivity index (χ3n) is 11.8. The summed E-state index contributed by atoms with van der Waals surface area (Å²) in [5, 5.41) is 0. The van der Waals surface area contributed by atoms with E-state index in [1.807, 2.05) is 0 Å². The van der Waals surface area contributed by atoms with E-state index in [2.05, 4.69) is 86.8 Å². The SMILES string of the molecule is CC/C=C\C/C=C\C/C=C\C/C=C\C/C=C\CCCCCCCCCCCCCCCC(=O)OC(COC(=O)CCCCCCCCC/C=C\CCCCCCCCC)COP(=O)(O)OCCN. The Balaban J connectivity index is 3.98. The van der Waals surface area contributed by atoms with Gasteiger partial charge in [-0.1, -0.05) is 228 Å². The quantitative estimate of drug-likeness (QED) is 0.0264. The number of hydrogen-bond donors (Lipinski definition) is 2. The van der Waals surface area contributed by atoms with E-state index >= 15 is 0 Å². The van der Waals surface area contributed by atoms with Crippen LogP contribution in [0.15, 0.2) is 72.9 Å². The molecule has 394 valence electrons. The van der Waals surface area contributed by atoms with E-state index in [4.69, 9.17) is 24.3 Å². The van der Waals surface area contributed by atoms with Gasteiger partial charge in [0.1, 0.15) is 6.61 Å². The molecule has 0 radical (unpaired) electrons. The molecule has 0 saturated heterocycles. The lowest BCUT2D eigenvalue weighted by molar-refractivity contribution is -0.161. The molecule has 0 heterocycles. The molecule has 0 fully saturated rings. The van der Waals surface area contributed by atoms with Gasteiger partial charge in [0.15, 0.2) is 6.10 Å². The lowest BCUT2D eigenvalue weighted by Crippen LogP contribution is -2.29. The molecule has 0 saturated carbocycles. The summed E-state index contributed by atoms with van der Waals surface area (Å²) in [4.78, 5) is 35.1. The second kappa shape index (κ2) is 53.8. The maximum Gasteiger partial charge on any atom is 0.472 e. The van der Waals surface area contributed by atoms with Crippen LogP contribution in [0.2, 0.25) is 0 Å². The number of carbonyl (C=O) groups excluding carboxylic acids is 2. The molecule has 0 amide bonds. The molecule has 0 aromatic rings. The first kappa shape index (κ1) is 65.5. The average molecular weight is 974 g/mol. The number of esters is 2. The molecular weight excluding hydrogens is 870 g/mol. The van der Waals surface area contributed by atoms with Crippen molar-refractivity contribution < 1.29 is 37.6 Å². The molecule has 0 aliphatic carbocycles. The van der Waals surface area contributed by atoms with E-state index in [0.717, 1.165) is 83.5 Å². The molecule has 68 heavy (non-hydrogen) atoms. The van der Waals surface area contributed by atoms with Gasteiger partial charge in [0.2, 0.25) is 0 Å². The molecule has 0 aliphatic rings. The van der Waals surface area contributed by atoms with E-state index in [1.54, 1.807) is 0 Å². The first-order valence-electron chi connectivity index (χ1n) is 27.9. The minimum Gasteiger partial charge on any atom is -0.462 e. The second-order valence-electron chi connectivity index (χ2n) is 18.4. The first-order chi connectivity index (χ1) is 33.3. The Hall–Kier alpha value is -2.55. The number of nitrogens with two attached hydrogens (primary N) is 1. The van der Waals surface area contributed by atoms with Crippen LogP contribution in [0, 0.1) is 0 Å². The maximum absolute atomic E-state index is 12.7. The highest BCUT2D eigenvalue weighted by atomic mass is 31.2. The standard InChI is InChI=1S/C58H104NO8P/c1-3-5-7-9-11-13-15-17-19-21-23-24-25-26-27-28-29-30-31-32-33-35-37-39-41-43-45-47-49-51-58(61)67-56(55-66-68(62,63)65-53-52-59)54-64-57(60)50-48-46-44-42-40-38-36-34-22-20-18-16-14-12-10-8-6-4-2/h5,7,11,13,17,19-20,22-24,26-27,56H,3-4,6,8-10,12,14-16,18,21,25,28-55,59H2,1-2H3,(H,62,63)/b7-5-,13-11-,19-17-,22-20-,24-23-,27-26-. The van der Waals surface area contributed by atoms with Crippen molar-refractivity contribution in [2.24, 2.45) is 5.73 Å². The van der Waals surface area contributed by atoms with Gasteiger partial charge >= 0.3 is 19.8 Å². The summed E-state index contributed by atoms with van der Waals surface area (Å²) >= 11 is 0. The summed E-state index contributed by atoms with van der Waals surface area (Å²) in [6, 6.07) is 0. The van der Waals surface area contributed by atoms with Crippen molar-refractivity contribution in [1.82, 2.24) is 0 Å². The Bertz CT molecular complexity index is 1340. The fourth-order valence-electron chi connectivity index (χ4n) is 7.72. The lowest BCUT2D eigenvalue weighted by atomic mass is 10.0. The van der Waals surface area contributed by atoms with Gasteiger partial charge in [-0.05, 0) is 83.5 Å².